The van der Waals surface area contributed by atoms with Crippen LogP contribution >= 0.6 is 11.8 Å². The summed E-state index contributed by atoms with van der Waals surface area (Å²) in [7, 11) is 1.73. The number of hydrogen-bond donors (Lipinski definition) is 2. The summed E-state index contributed by atoms with van der Waals surface area (Å²) >= 11 is 1.70. The van der Waals surface area contributed by atoms with Crippen LogP contribution in [0.3, 0.4) is 0 Å². The fraction of sp³-hybridized carbons (Fsp3) is 0.565. The normalized spacial score (nSPS) is 25.1. The average molecular weight is 458 g/mol. The number of carbonyl (C=O) groups excluding carboxylic acids is 3. The molecule has 1 saturated heterocycles. The molecule has 172 valence electrons. The molecule has 1 aromatic rings. The molecule has 0 radical (unpaired) electrons. The van der Waals surface area contributed by atoms with E-state index in [9.17, 15) is 19.6 Å². The van der Waals surface area contributed by atoms with E-state index in [-0.39, 0.29) is 40.3 Å². The average Bonchev–Trinajstić information content (AvgIpc) is 2.75. The SMILES string of the molecule is CCNC(=O)C(C#N)CC1SC2CC(Nc3cccc(N(C)C(C)=O)c3)C2C(=O)N1CC. The van der Waals surface area contributed by atoms with E-state index in [1.165, 1.54) is 6.92 Å². The molecule has 2 N–H and O–H groups in total. The Morgan fingerprint density at radius 1 is 1.38 bits per heavy atom. The van der Waals surface area contributed by atoms with Gasteiger partial charge in [0, 0.05) is 56.1 Å². The Balaban J connectivity index is 1.68. The number of nitrogens with zero attached hydrogens (tertiary/aromatic N) is 3. The standard InChI is InChI=1S/C23H31N5O3S/c1-5-25-22(30)15(13-24)10-20-28(6-2)23(31)21-18(12-19(21)32-20)26-16-8-7-9-17(11-16)27(4)14(3)29/h7-9,11,15,18-21,26H,5-6,10,12H2,1-4H3,(H,25,30). The highest BCUT2D eigenvalue weighted by Gasteiger charge is 2.53. The van der Waals surface area contributed by atoms with Gasteiger partial charge in [0.2, 0.25) is 17.7 Å². The number of nitrogens with one attached hydrogen (secondary N) is 2. The number of rotatable bonds is 8. The monoisotopic (exact) mass is 457 g/mol. The summed E-state index contributed by atoms with van der Waals surface area (Å²) in [6.45, 7) is 6.30. The van der Waals surface area contributed by atoms with Crippen LogP contribution in [0, 0.1) is 23.2 Å². The maximum absolute atomic E-state index is 13.3. The summed E-state index contributed by atoms with van der Waals surface area (Å²) in [4.78, 5) is 40.5. The molecule has 2 fully saturated rings. The lowest BCUT2D eigenvalue weighted by molar-refractivity contribution is -0.140. The van der Waals surface area contributed by atoms with Gasteiger partial charge in [0.1, 0.15) is 5.92 Å². The van der Waals surface area contributed by atoms with Gasteiger partial charge < -0.3 is 20.4 Å². The van der Waals surface area contributed by atoms with Gasteiger partial charge in [0.05, 0.1) is 17.4 Å². The molecule has 0 aromatic heterocycles. The second-order valence-electron chi connectivity index (χ2n) is 8.21. The van der Waals surface area contributed by atoms with E-state index in [2.05, 4.69) is 16.7 Å². The van der Waals surface area contributed by atoms with Crippen molar-refractivity contribution in [3.8, 4) is 6.07 Å². The van der Waals surface area contributed by atoms with Crippen molar-refractivity contribution in [3.63, 3.8) is 0 Å². The third-order valence-corrected chi connectivity index (χ3v) is 7.82. The molecule has 1 aromatic carbocycles. The predicted molar refractivity (Wildman–Crippen MR) is 126 cm³/mol. The molecule has 3 amide bonds. The molecule has 32 heavy (non-hydrogen) atoms. The molecule has 1 heterocycles. The molecular formula is C23H31N5O3S. The molecule has 8 nitrogen and oxygen atoms in total. The highest BCUT2D eigenvalue weighted by atomic mass is 32.2. The quantitative estimate of drug-likeness (QED) is 0.621. The molecule has 5 unspecified atom stereocenters. The molecule has 9 heteroatoms. The molecule has 1 aliphatic heterocycles. The molecule has 1 aliphatic carbocycles. The van der Waals surface area contributed by atoms with Crippen LogP contribution in [0.15, 0.2) is 24.3 Å². The number of carbonyl (C=O) groups is 3. The Labute approximate surface area is 193 Å². The zero-order valence-electron chi connectivity index (χ0n) is 19.0. The van der Waals surface area contributed by atoms with Gasteiger partial charge in [-0.3, -0.25) is 14.4 Å². The van der Waals surface area contributed by atoms with Crippen molar-refractivity contribution < 1.29 is 14.4 Å². The molecule has 2 aliphatic rings. The minimum absolute atomic E-state index is 0.0167. The topological polar surface area (TPSA) is 106 Å². The lowest BCUT2D eigenvalue weighted by atomic mass is 9.77. The summed E-state index contributed by atoms with van der Waals surface area (Å²) < 4.78 is 0. The largest absolute Gasteiger partial charge is 0.381 e. The van der Waals surface area contributed by atoms with E-state index >= 15 is 0 Å². The minimum atomic E-state index is -0.763. The van der Waals surface area contributed by atoms with Crippen LogP contribution in [-0.4, -0.2) is 59.4 Å². The predicted octanol–water partition coefficient (Wildman–Crippen LogP) is 2.43. The fourth-order valence-corrected chi connectivity index (χ4v) is 6.20. The Morgan fingerprint density at radius 3 is 2.75 bits per heavy atom. The lowest BCUT2D eigenvalue weighted by Gasteiger charge is -2.52. The van der Waals surface area contributed by atoms with Crippen molar-refractivity contribution >= 4 is 40.9 Å². The van der Waals surface area contributed by atoms with Crippen LogP contribution in [0.1, 0.15) is 33.6 Å². The van der Waals surface area contributed by atoms with Crippen molar-refractivity contribution in [1.82, 2.24) is 10.2 Å². The Hall–Kier alpha value is -2.73. The van der Waals surface area contributed by atoms with Gasteiger partial charge in [-0.15, -0.1) is 11.8 Å². The van der Waals surface area contributed by atoms with Gasteiger partial charge in [0.15, 0.2) is 0 Å². The highest BCUT2D eigenvalue weighted by Crippen LogP contribution is 2.48. The summed E-state index contributed by atoms with van der Waals surface area (Å²) in [6, 6.07) is 9.74. The smallest absolute Gasteiger partial charge is 0.237 e. The van der Waals surface area contributed by atoms with Crippen molar-refractivity contribution in [2.24, 2.45) is 11.8 Å². The van der Waals surface area contributed by atoms with E-state index < -0.39 is 5.92 Å². The van der Waals surface area contributed by atoms with E-state index in [0.29, 0.717) is 19.5 Å². The fourth-order valence-electron chi connectivity index (χ4n) is 4.30. The van der Waals surface area contributed by atoms with Crippen LogP contribution in [-0.2, 0) is 14.4 Å². The zero-order valence-corrected chi connectivity index (χ0v) is 19.8. The van der Waals surface area contributed by atoms with Gasteiger partial charge in [-0.1, -0.05) is 6.07 Å². The number of anilines is 2. The molecule has 0 bridgehead atoms. The van der Waals surface area contributed by atoms with Crippen LogP contribution in [0.25, 0.3) is 0 Å². The van der Waals surface area contributed by atoms with Crippen LogP contribution in [0.4, 0.5) is 11.4 Å². The van der Waals surface area contributed by atoms with Crippen molar-refractivity contribution in [1.29, 1.82) is 5.26 Å². The highest BCUT2D eigenvalue weighted by molar-refractivity contribution is 8.00. The van der Waals surface area contributed by atoms with Gasteiger partial charge in [-0.25, -0.2) is 0 Å². The van der Waals surface area contributed by atoms with Crippen molar-refractivity contribution in [2.75, 3.05) is 30.4 Å². The second kappa shape index (κ2) is 10.3. The van der Waals surface area contributed by atoms with E-state index in [0.717, 1.165) is 17.8 Å². The summed E-state index contributed by atoms with van der Waals surface area (Å²) in [5.41, 5.74) is 1.67. The first-order valence-electron chi connectivity index (χ1n) is 11.0. The van der Waals surface area contributed by atoms with Gasteiger partial charge in [-0.2, -0.15) is 5.26 Å². The first kappa shape index (κ1) is 23.9. The number of nitriles is 1. The van der Waals surface area contributed by atoms with Crippen molar-refractivity contribution in [2.45, 2.75) is 50.3 Å². The number of fused-ring (bicyclic) bond motifs is 1. The molecule has 3 rings (SSSR count). The second-order valence-corrected chi connectivity index (χ2v) is 9.63. The lowest BCUT2D eigenvalue weighted by Crippen LogP contribution is -2.62. The maximum atomic E-state index is 13.3. The number of thioether (sulfide) groups is 1. The summed E-state index contributed by atoms with van der Waals surface area (Å²) in [6.07, 6.45) is 1.17. The Kier molecular flexibility index (Phi) is 7.67. The Morgan fingerprint density at radius 2 is 2.12 bits per heavy atom. The Bertz CT molecular complexity index is 917. The van der Waals surface area contributed by atoms with Crippen LogP contribution < -0.4 is 15.5 Å². The molecule has 5 atom stereocenters. The first-order valence-corrected chi connectivity index (χ1v) is 12.0. The van der Waals surface area contributed by atoms with Crippen LogP contribution in [0.2, 0.25) is 0 Å². The maximum Gasteiger partial charge on any atom is 0.237 e. The zero-order chi connectivity index (χ0) is 23.4. The van der Waals surface area contributed by atoms with Gasteiger partial charge in [0.25, 0.3) is 0 Å². The summed E-state index contributed by atoms with van der Waals surface area (Å²) in [5.74, 6) is -1.15. The third kappa shape index (κ3) is 4.85. The first-order chi connectivity index (χ1) is 15.3. The number of hydrogen-bond acceptors (Lipinski definition) is 6. The van der Waals surface area contributed by atoms with E-state index in [1.807, 2.05) is 43.0 Å². The molecule has 1 saturated carbocycles. The minimum Gasteiger partial charge on any atom is -0.381 e. The van der Waals surface area contributed by atoms with E-state index in [1.54, 1.807) is 23.7 Å². The number of amides is 3. The van der Waals surface area contributed by atoms with E-state index in [4.69, 9.17) is 0 Å². The molecular weight excluding hydrogens is 426 g/mol. The molecule has 0 spiro atoms. The van der Waals surface area contributed by atoms with Gasteiger partial charge in [-0.05, 0) is 38.5 Å². The van der Waals surface area contributed by atoms with Gasteiger partial charge >= 0.3 is 0 Å². The summed E-state index contributed by atoms with van der Waals surface area (Å²) in [5, 5.41) is 15.6. The van der Waals surface area contributed by atoms with Crippen LogP contribution in [0.5, 0.6) is 0 Å². The van der Waals surface area contributed by atoms with Crippen molar-refractivity contribution in [3.05, 3.63) is 24.3 Å². The number of benzene rings is 1. The third-order valence-electron chi connectivity index (χ3n) is 6.23.